The minimum Gasteiger partial charge on any atom is -0.493 e. The van der Waals surface area contributed by atoms with Crippen LogP contribution in [0.15, 0.2) is 42.5 Å². The standard InChI is InChI=1S/C21H20ClN3O3S/c1-12-18-20(29-11-17(26)23-21(18)25-24-12)15-4-3-5-16(27-2)19(15)28-10-13-6-8-14(22)9-7-13/h3-9,20H,10-11H2,1-2H3,(H2,23,24,25,26)/t20-/m1/s1. The Morgan fingerprint density at radius 1 is 1.24 bits per heavy atom. The van der Waals surface area contributed by atoms with Crippen LogP contribution in [0.25, 0.3) is 0 Å². The molecule has 2 N–H and O–H groups in total. The molecule has 1 atom stereocenters. The maximum Gasteiger partial charge on any atom is 0.235 e. The highest BCUT2D eigenvalue weighted by atomic mass is 35.5. The topological polar surface area (TPSA) is 76.2 Å². The van der Waals surface area contributed by atoms with Gasteiger partial charge in [-0.05, 0) is 30.7 Å². The van der Waals surface area contributed by atoms with E-state index in [0.717, 1.165) is 22.4 Å². The van der Waals surface area contributed by atoms with E-state index in [1.807, 2.05) is 49.4 Å². The van der Waals surface area contributed by atoms with Gasteiger partial charge in [0.2, 0.25) is 5.91 Å². The van der Waals surface area contributed by atoms with Crippen molar-refractivity contribution in [3.05, 3.63) is 69.9 Å². The Bertz CT molecular complexity index is 1040. The molecule has 1 aliphatic rings. The van der Waals surface area contributed by atoms with Gasteiger partial charge in [0.1, 0.15) is 6.61 Å². The number of aromatic nitrogens is 2. The summed E-state index contributed by atoms with van der Waals surface area (Å²) >= 11 is 7.52. The zero-order valence-corrected chi connectivity index (χ0v) is 17.6. The SMILES string of the molecule is COc1cccc([C@H]2SCC(=O)Nc3n[nH]c(C)c32)c1OCc1ccc(Cl)cc1. The normalized spacial score (nSPS) is 16.0. The number of hydrogen-bond donors (Lipinski definition) is 2. The highest BCUT2D eigenvalue weighted by molar-refractivity contribution is 8.00. The van der Waals surface area contributed by atoms with E-state index in [1.54, 1.807) is 7.11 Å². The van der Waals surface area contributed by atoms with Gasteiger partial charge in [0.05, 0.1) is 18.1 Å². The number of hydrogen-bond acceptors (Lipinski definition) is 5. The molecule has 6 nitrogen and oxygen atoms in total. The molecule has 0 saturated carbocycles. The number of carbonyl (C=O) groups excluding carboxylic acids is 1. The number of fused-ring (bicyclic) bond motifs is 1. The summed E-state index contributed by atoms with van der Waals surface area (Å²) in [5, 5.41) is 10.7. The van der Waals surface area contributed by atoms with Crippen LogP contribution >= 0.6 is 23.4 Å². The lowest BCUT2D eigenvalue weighted by atomic mass is 10.0. The first-order valence-corrected chi connectivity index (χ1v) is 10.5. The molecule has 1 aliphatic heterocycles. The first-order valence-electron chi connectivity index (χ1n) is 9.07. The highest BCUT2D eigenvalue weighted by Crippen LogP contribution is 2.47. The highest BCUT2D eigenvalue weighted by Gasteiger charge is 2.31. The van der Waals surface area contributed by atoms with Crippen LogP contribution in [-0.4, -0.2) is 29.0 Å². The van der Waals surface area contributed by atoms with Crippen molar-refractivity contribution in [2.24, 2.45) is 0 Å². The first-order chi connectivity index (χ1) is 14.1. The number of nitrogens with one attached hydrogen (secondary N) is 2. The number of rotatable bonds is 5. The number of aromatic amines is 1. The van der Waals surface area contributed by atoms with Crippen LogP contribution in [0, 0.1) is 6.92 Å². The second kappa shape index (κ2) is 8.39. The number of aryl methyl sites for hydroxylation is 1. The second-order valence-corrected chi connectivity index (χ2v) is 8.17. The molecule has 0 unspecified atom stereocenters. The summed E-state index contributed by atoms with van der Waals surface area (Å²) in [5.41, 5.74) is 3.79. The molecule has 0 radical (unpaired) electrons. The lowest BCUT2D eigenvalue weighted by Gasteiger charge is -2.21. The molecule has 0 spiro atoms. The number of para-hydroxylation sites is 1. The molecule has 1 aromatic heterocycles. The largest absolute Gasteiger partial charge is 0.493 e. The van der Waals surface area contributed by atoms with Gasteiger partial charge in [0.15, 0.2) is 17.3 Å². The molecular formula is C21H20ClN3O3S. The van der Waals surface area contributed by atoms with Crippen LogP contribution in [0.3, 0.4) is 0 Å². The van der Waals surface area contributed by atoms with Crippen molar-refractivity contribution in [1.29, 1.82) is 0 Å². The van der Waals surface area contributed by atoms with Crippen LogP contribution in [0.2, 0.25) is 5.02 Å². The van der Waals surface area contributed by atoms with Crippen molar-refractivity contribution < 1.29 is 14.3 Å². The van der Waals surface area contributed by atoms with Gasteiger partial charge in [-0.3, -0.25) is 9.89 Å². The Kier molecular flexibility index (Phi) is 5.69. The van der Waals surface area contributed by atoms with Crippen molar-refractivity contribution in [2.75, 3.05) is 18.2 Å². The number of benzene rings is 2. The monoisotopic (exact) mass is 429 g/mol. The molecule has 2 aromatic carbocycles. The number of methoxy groups -OCH3 is 1. The second-order valence-electron chi connectivity index (χ2n) is 6.64. The number of carbonyl (C=O) groups is 1. The fourth-order valence-electron chi connectivity index (χ4n) is 3.30. The summed E-state index contributed by atoms with van der Waals surface area (Å²) in [6.45, 7) is 2.32. The van der Waals surface area contributed by atoms with Gasteiger partial charge in [0.25, 0.3) is 0 Å². The first kappa shape index (κ1) is 19.7. The Morgan fingerprint density at radius 3 is 2.79 bits per heavy atom. The summed E-state index contributed by atoms with van der Waals surface area (Å²) in [7, 11) is 1.62. The zero-order valence-electron chi connectivity index (χ0n) is 16.0. The minimum atomic E-state index is -0.127. The van der Waals surface area contributed by atoms with Crippen LogP contribution in [0.4, 0.5) is 5.82 Å². The van der Waals surface area contributed by atoms with Crippen molar-refractivity contribution in [2.45, 2.75) is 18.8 Å². The van der Waals surface area contributed by atoms with Gasteiger partial charge in [-0.15, -0.1) is 11.8 Å². The fraction of sp³-hybridized carbons (Fsp3) is 0.238. The lowest BCUT2D eigenvalue weighted by molar-refractivity contribution is -0.113. The molecule has 150 valence electrons. The average molecular weight is 430 g/mol. The Morgan fingerprint density at radius 2 is 2.03 bits per heavy atom. The zero-order chi connectivity index (χ0) is 20.4. The molecular weight excluding hydrogens is 410 g/mol. The summed E-state index contributed by atoms with van der Waals surface area (Å²) < 4.78 is 11.8. The fourth-order valence-corrected chi connectivity index (χ4v) is 4.64. The van der Waals surface area contributed by atoms with E-state index in [1.165, 1.54) is 11.8 Å². The van der Waals surface area contributed by atoms with Gasteiger partial charge in [-0.2, -0.15) is 5.10 Å². The number of thioether (sulfide) groups is 1. The van der Waals surface area contributed by atoms with Gasteiger partial charge in [0, 0.05) is 21.8 Å². The number of nitrogens with zero attached hydrogens (tertiary/aromatic N) is 1. The molecule has 8 heteroatoms. The summed E-state index contributed by atoms with van der Waals surface area (Å²) in [6.07, 6.45) is 0. The third kappa shape index (κ3) is 4.06. The van der Waals surface area contributed by atoms with E-state index >= 15 is 0 Å². The molecule has 4 rings (SSSR count). The van der Waals surface area contributed by atoms with Crippen LogP contribution in [-0.2, 0) is 11.4 Å². The van der Waals surface area contributed by atoms with Gasteiger partial charge < -0.3 is 14.8 Å². The lowest BCUT2D eigenvalue weighted by Crippen LogP contribution is -2.12. The van der Waals surface area contributed by atoms with E-state index in [0.29, 0.717) is 34.7 Å². The minimum absolute atomic E-state index is 0.0724. The number of halogens is 1. The smallest absolute Gasteiger partial charge is 0.235 e. The average Bonchev–Trinajstić information content (AvgIpc) is 2.98. The number of amides is 1. The van der Waals surface area contributed by atoms with E-state index in [2.05, 4.69) is 15.5 Å². The quantitative estimate of drug-likeness (QED) is 0.613. The molecule has 3 aromatic rings. The number of anilines is 1. The predicted molar refractivity (Wildman–Crippen MR) is 115 cm³/mol. The van der Waals surface area contributed by atoms with Crippen molar-refractivity contribution in [1.82, 2.24) is 10.2 Å². The summed E-state index contributed by atoms with van der Waals surface area (Å²) in [5.74, 6) is 2.12. The van der Waals surface area contributed by atoms with E-state index < -0.39 is 0 Å². The molecule has 0 aliphatic carbocycles. The maximum atomic E-state index is 12.1. The predicted octanol–water partition coefficient (Wildman–Crippen LogP) is 4.73. The number of ether oxygens (including phenoxy) is 2. The van der Waals surface area contributed by atoms with Crippen LogP contribution in [0.5, 0.6) is 11.5 Å². The third-order valence-corrected chi connectivity index (χ3v) is 6.21. The molecule has 0 bridgehead atoms. The van der Waals surface area contributed by atoms with Crippen LogP contribution < -0.4 is 14.8 Å². The van der Waals surface area contributed by atoms with E-state index in [-0.39, 0.29) is 11.2 Å². The molecule has 0 saturated heterocycles. The number of H-pyrrole nitrogens is 1. The van der Waals surface area contributed by atoms with E-state index in [4.69, 9.17) is 21.1 Å². The van der Waals surface area contributed by atoms with Crippen molar-refractivity contribution in [3.8, 4) is 11.5 Å². The molecule has 29 heavy (non-hydrogen) atoms. The summed E-state index contributed by atoms with van der Waals surface area (Å²) in [6, 6.07) is 13.3. The third-order valence-electron chi connectivity index (χ3n) is 4.70. The van der Waals surface area contributed by atoms with Crippen molar-refractivity contribution >= 4 is 35.1 Å². The summed E-state index contributed by atoms with van der Waals surface area (Å²) in [4.78, 5) is 12.1. The van der Waals surface area contributed by atoms with Gasteiger partial charge >= 0.3 is 0 Å². The Balaban J connectivity index is 1.73. The van der Waals surface area contributed by atoms with Gasteiger partial charge in [-0.1, -0.05) is 35.9 Å². The molecule has 2 heterocycles. The maximum absolute atomic E-state index is 12.1. The Hall–Kier alpha value is -2.64. The van der Waals surface area contributed by atoms with Crippen LogP contribution in [0.1, 0.15) is 27.6 Å². The van der Waals surface area contributed by atoms with E-state index in [9.17, 15) is 4.79 Å². The molecule has 1 amide bonds. The molecule has 0 fully saturated rings. The van der Waals surface area contributed by atoms with Gasteiger partial charge in [-0.25, -0.2) is 0 Å². The van der Waals surface area contributed by atoms with Crippen molar-refractivity contribution in [3.63, 3.8) is 0 Å². The Labute approximate surface area is 177 Å².